The normalized spacial score (nSPS) is 10.5. The maximum absolute atomic E-state index is 12.2. The van der Waals surface area contributed by atoms with Crippen LogP contribution in [0.1, 0.15) is 16.1 Å². The lowest BCUT2D eigenvalue weighted by molar-refractivity contribution is 0.0620. The van der Waals surface area contributed by atoms with Crippen molar-refractivity contribution < 1.29 is 13.6 Å². The van der Waals surface area contributed by atoms with Gasteiger partial charge in [-0.2, -0.15) is 0 Å². The molecular weight excluding hydrogens is 228 g/mol. The van der Waals surface area contributed by atoms with Gasteiger partial charge in [0.25, 0.3) is 12.3 Å². The molecule has 0 aliphatic rings. The second-order valence-corrected chi connectivity index (χ2v) is 3.71. The molecule has 1 heterocycles. The first kappa shape index (κ1) is 13.3. The van der Waals surface area contributed by atoms with Gasteiger partial charge in [0.2, 0.25) is 0 Å². The summed E-state index contributed by atoms with van der Waals surface area (Å²) in [5, 5.41) is 2.81. The molecule has 17 heavy (non-hydrogen) atoms. The Kier molecular flexibility index (Phi) is 4.37. The van der Waals surface area contributed by atoms with E-state index in [9.17, 15) is 13.6 Å². The Labute approximate surface area is 98.6 Å². The number of anilines is 1. The number of rotatable bonds is 4. The summed E-state index contributed by atoms with van der Waals surface area (Å²) in [4.78, 5) is 17.0. The fourth-order valence-electron chi connectivity index (χ4n) is 1.43. The first-order valence-corrected chi connectivity index (χ1v) is 5.14. The van der Waals surface area contributed by atoms with Gasteiger partial charge in [0.15, 0.2) is 0 Å². The SMILES string of the molecule is CNc1cc(C(=O)N(C)CC(F)F)cc(C)n1. The zero-order valence-corrected chi connectivity index (χ0v) is 10.00. The van der Waals surface area contributed by atoms with Crippen LogP contribution in [-0.2, 0) is 0 Å². The fourth-order valence-corrected chi connectivity index (χ4v) is 1.43. The quantitative estimate of drug-likeness (QED) is 0.876. The molecule has 1 amide bonds. The molecule has 0 saturated carbocycles. The standard InChI is InChI=1S/C11H15F2N3O/c1-7-4-8(5-10(14-2)15-7)11(17)16(3)6-9(12)13/h4-5,9H,6H2,1-3H3,(H,14,15). The largest absolute Gasteiger partial charge is 0.373 e. The second-order valence-electron chi connectivity index (χ2n) is 3.71. The molecule has 0 radical (unpaired) electrons. The van der Waals surface area contributed by atoms with Crippen molar-refractivity contribution in [2.75, 3.05) is 26.0 Å². The van der Waals surface area contributed by atoms with Crippen LogP contribution in [0.5, 0.6) is 0 Å². The molecular formula is C11H15F2N3O. The maximum atomic E-state index is 12.2. The van der Waals surface area contributed by atoms with Crippen LogP contribution in [0.25, 0.3) is 0 Å². The second kappa shape index (κ2) is 5.56. The molecule has 94 valence electrons. The third-order valence-electron chi connectivity index (χ3n) is 2.22. The first-order chi connectivity index (χ1) is 7.93. The minimum atomic E-state index is -2.53. The Morgan fingerprint density at radius 1 is 1.53 bits per heavy atom. The van der Waals surface area contributed by atoms with Crippen molar-refractivity contribution in [2.45, 2.75) is 13.3 Å². The highest BCUT2D eigenvalue weighted by Gasteiger charge is 2.16. The summed E-state index contributed by atoms with van der Waals surface area (Å²) in [5.74, 6) is 0.103. The van der Waals surface area contributed by atoms with Gasteiger partial charge in [0.1, 0.15) is 5.82 Å². The molecule has 1 N–H and O–H groups in total. The average Bonchev–Trinajstić information content (AvgIpc) is 2.26. The van der Waals surface area contributed by atoms with Crippen LogP contribution < -0.4 is 5.32 Å². The first-order valence-electron chi connectivity index (χ1n) is 5.14. The van der Waals surface area contributed by atoms with Crippen molar-refractivity contribution >= 4 is 11.7 Å². The number of alkyl halides is 2. The van der Waals surface area contributed by atoms with Crippen LogP contribution >= 0.6 is 0 Å². The number of hydrogen-bond donors (Lipinski definition) is 1. The topological polar surface area (TPSA) is 45.2 Å². The summed E-state index contributed by atoms with van der Waals surface area (Å²) in [5.41, 5.74) is 1.01. The van der Waals surface area contributed by atoms with Gasteiger partial charge in [-0.3, -0.25) is 4.79 Å². The van der Waals surface area contributed by atoms with Crippen molar-refractivity contribution in [3.63, 3.8) is 0 Å². The van der Waals surface area contributed by atoms with Crippen molar-refractivity contribution in [1.82, 2.24) is 9.88 Å². The number of nitrogens with one attached hydrogen (secondary N) is 1. The Morgan fingerprint density at radius 2 is 2.18 bits per heavy atom. The van der Waals surface area contributed by atoms with E-state index >= 15 is 0 Å². The third kappa shape index (κ3) is 3.65. The molecule has 0 aliphatic heterocycles. The van der Waals surface area contributed by atoms with Crippen LogP contribution in [-0.4, -0.2) is 42.9 Å². The van der Waals surface area contributed by atoms with E-state index in [1.54, 1.807) is 20.0 Å². The van der Waals surface area contributed by atoms with Crippen molar-refractivity contribution in [2.24, 2.45) is 0 Å². The maximum Gasteiger partial charge on any atom is 0.255 e. The van der Waals surface area contributed by atoms with Gasteiger partial charge < -0.3 is 10.2 Å². The Morgan fingerprint density at radius 3 is 2.71 bits per heavy atom. The molecule has 0 aromatic carbocycles. The lowest BCUT2D eigenvalue weighted by atomic mass is 10.2. The lowest BCUT2D eigenvalue weighted by Gasteiger charge is -2.17. The number of amides is 1. The number of carbonyl (C=O) groups excluding carboxylic acids is 1. The lowest BCUT2D eigenvalue weighted by Crippen LogP contribution is -2.31. The Balaban J connectivity index is 2.91. The summed E-state index contributed by atoms with van der Waals surface area (Å²) >= 11 is 0. The van der Waals surface area contributed by atoms with E-state index in [2.05, 4.69) is 10.3 Å². The summed E-state index contributed by atoms with van der Waals surface area (Å²) in [6.45, 7) is 1.17. The fraction of sp³-hybridized carbons (Fsp3) is 0.455. The molecule has 4 nitrogen and oxygen atoms in total. The van der Waals surface area contributed by atoms with Gasteiger partial charge in [0, 0.05) is 25.4 Å². The highest BCUT2D eigenvalue weighted by Crippen LogP contribution is 2.12. The summed E-state index contributed by atoms with van der Waals surface area (Å²) < 4.78 is 24.3. The van der Waals surface area contributed by atoms with E-state index < -0.39 is 18.9 Å². The molecule has 0 unspecified atom stereocenters. The summed E-state index contributed by atoms with van der Waals surface area (Å²) in [7, 11) is 3.03. The summed E-state index contributed by atoms with van der Waals surface area (Å²) in [6, 6.07) is 3.11. The van der Waals surface area contributed by atoms with E-state index in [4.69, 9.17) is 0 Å². The molecule has 1 aromatic heterocycles. The number of carbonyl (C=O) groups is 1. The van der Waals surface area contributed by atoms with E-state index in [-0.39, 0.29) is 0 Å². The van der Waals surface area contributed by atoms with Gasteiger partial charge in [-0.15, -0.1) is 0 Å². The van der Waals surface area contributed by atoms with Crippen molar-refractivity contribution in [1.29, 1.82) is 0 Å². The van der Waals surface area contributed by atoms with Crippen LogP contribution in [0.2, 0.25) is 0 Å². The van der Waals surface area contributed by atoms with Gasteiger partial charge in [-0.1, -0.05) is 0 Å². The van der Waals surface area contributed by atoms with Crippen LogP contribution in [0, 0.1) is 6.92 Å². The zero-order chi connectivity index (χ0) is 13.0. The van der Waals surface area contributed by atoms with E-state index in [1.165, 1.54) is 13.1 Å². The molecule has 0 aliphatic carbocycles. The molecule has 0 saturated heterocycles. The molecule has 1 aromatic rings. The predicted octanol–water partition coefficient (Wildman–Crippen LogP) is 1.77. The number of halogens is 2. The number of pyridine rings is 1. The highest BCUT2D eigenvalue weighted by atomic mass is 19.3. The third-order valence-corrected chi connectivity index (χ3v) is 2.22. The van der Waals surface area contributed by atoms with Gasteiger partial charge in [-0.25, -0.2) is 13.8 Å². The van der Waals surface area contributed by atoms with E-state index in [1.807, 2.05) is 0 Å². The molecule has 6 heteroatoms. The number of aromatic nitrogens is 1. The van der Waals surface area contributed by atoms with E-state index in [0.29, 0.717) is 17.1 Å². The molecule has 0 bridgehead atoms. The summed E-state index contributed by atoms with van der Waals surface area (Å²) in [6.07, 6.45) is -2.53. The van der Waals surface area contributed by atoms with Crippen molar-refractivity contribution in [3.8, 4) is 0 Å². The number of nitrogens with zero attached hydrogens (tertiary/aromatic N) is 2. The van der Waals surface area contributed by atoms with Crippen LogP contribution in [0.4, 0.5) is 14.6 Å². The highest BCUT2D eigenvalue weighted by molar-refractivity contribution is 5.94. The Hall–Kier alpha value is -1.72. The number of aryl methyl sites for hydroxylation is 1. The smallest absolute Gasteiger partial charge is 0.255 e. The van der Waals surface area contributed by atoms with E-state index in [0.717, 1.165) is 4.90 Å². The molecule has 1 rings (SSSR count). The minimum Gasteiger partial charge on any atom is -0.373 e. The predicted molar refractivity (Wildman–Crippen MR) is 61.5 cm³/mol. The monoisotopic (exact) mass is 243 g/mol. The molecule has 0 fully saturated rings. The van der Waals surface area contributed by atoms with Gasteiger partial charge >= 0.3 is 0 Å². The number of hydrogen-bond acceptors (Lipinski definition) is 3. The van der Waals surface area contributed by atoms with Gasteiger partial charge in [-0.05, 0) is 19.1 Å². The van der Waals surface area contributed by atoms with Crippen LogP contribution in [0.15, 0.2) is 12.1 Å². The average molecular weight is 243 g/mol. The van der Waals surface area contributed by atoms with Gasteiger partial charge in [0.05, 0.1) is 6.54 Å². The molecule has 0 spiro atoms. The molecule has 0 atom stereocenters. The van der Waals surface area contributed by atoms with Crippen LogP contribution in [0.3, 0.4) is 0 Å². The Bertz CT molecular complexity index is 410. The zero-order valence-electron chi connectivity index (χ0n) is 10.00. The minimum absolute atomic E-state index is 0.352. The van der Waals surface area contributed by atoms with Crippen molar-refractivity contribution in [3.05, 3.63) is 23.4 Å².